The van der Waals surface area contributed by atoms with Gasteiger partial charge in [0.1, 0.15) is 6.54 Å². The average molecular weight is 235 g/mol. The van der Waals surface area contributed by atoms with Gasteiger partial charge in [-0.1, -0.05) is 0 Å². The summed E-state index contributed by atoms with van der Waals surface area (Å²) in [6, 6.07) is 5.10. The highest BCUT2D eigenvalue weighted by Gasteiger charge is 2.10. The number of nitrogens with zero attached hydrogens (tertiary/aromatic N) is 1. The van der Waals surface area contributed by atoms with Crippen LogP contribution in [0.3, 0.4) is 0 Å². The molecule has 0 radical (unpaired) electrons. The van der Waals surface area contributed by atoms with Crippen LogP contribution < -0.4 is 4.74 Å². The van der Waals surface area contributed by atoms with Crippen molar-refractivity contribution in [1.82, 2.24) is 4.57 Å². The van der Waals surface area contributed by atoms with Crippen molar-refractivity contribution in [3.8, 4) is 11.5 Å². The standard InChI is InChI=1S/C12H13NO4/c1-16-11-6-9-8(5-10(11)14)3-4-13(9)7-12(15)17-2/h3-6,14H,7H2,1-2H3. The Balaban J connectivity index is 2.48. The Bertz CT molecular complexity index is 559. The average Bonchev–Trinajstić information content (AvgIpc) is 2.70. The van der Waals surface area contributed by atoms with E-state index in [9.17, 15) is 9.90 Å². The fourth-order valence-corrected chi connectivity index (χ4v) is 1.71. The summed E-state index contributed by atoms with van der Waals surface area (Å²) in [6.07, 6.45) is 1.76. The number of phenols is 1. The van der Waals surface area contributed by atoms with E-state index in [1.165, 1.54) is 14.2 Å². The second-order valence-corrected chi connectivity index (χ2v) is 3.60. The minimum atomic E-state index is -0.324. The van der Waals surface area contributed by atoms with E-state index in [1.54, 1.807) is 22.9 Å². The number of methoxy groups -OCH3 is 2. The van der Waals surface area contributed by atoms with Gasteiger partial charge in [-0.25, -0.2) is 0 Å². The molecule has 0 bridgehead atoms. The molecule has 0 saturated heterocycles. The van der Waals surface area contributed by atoms with Gasteiger partial charge in [0.2, 0.25) is 0 Å². The Labute approximate surface area is 98.2 Å². The molecule has 5 nitrogen and oxygen atoms in total. The van der Waals surface area contributed by atoms with Gasteiger partial charge in [-0.15, -0.1) is 0 Å². The lowest BCUT2D eigenvalue weighted by Gasteiger charge is -2.06. The second-order valence-electron chi connectivity index (χ2n) is 3.60. The molecule has 0 unspecified atom stereocenters. The third kappa shape index (κ3) is 2.04. The Morgan fingerprint density at radius 3 is 2.82 bits per heavy atom. The number of aromatic nitrogens is 1. The van der Waals surface area contributed by atoms with Crippen LogP contribution in [0.1, 0.15) is 0 Å². The fraction of sp³-hybridized carbons (Fsp3) is 0.250. The molecule has 1 N–H and O–H groups in total. The highest BCUT2D eigenvalue weighted by Crippen LogP contribution is 2.31. The number of ether oxygens (including phenoxy) is 2. The number of hydrogen-bond acceptors (Lipinski definition) is 4. The molecule has 0 aliphatic heterocycles. The number of aromatic hydroxyl groups is 1. The van der Waals surface area contributed by atoms with Crippen LogP contribution >= 0.6 is 0 Å². The molecular weight excluding hydrogens is 222 g/mol. The number of carbonyl (C=O) groups excluding carboxylic acids is 1. The molecule has 0 spiro atoms. The van der Waals surface area contributed by atoms with Crippen LogP contribution in [0.4, 0.5) is 0 Å². The number of rotatable bonds is 3. The molecular formula is C12H13NO4. The molecule has 0 aliphatic rings. The van der Waals surface area contributed by atoms with Gasteiger partial charge in [-0.2, -0.15) is 0 Å². The van der Waals surface area contributed by atoms with Gasteiger partial charge in [-0.05, 0) is 12.1 Å². The van der Waals surface area contributed by atoms with Crippen molar-refractivity contribution >= 4 is 16.9 Å². The first-order chi connectivity index (χ1) is 8.15. The zero-order valence-corrected chi connectivity index (χ0v) is 9.64. The lowest BCUT2D eigenvalue weighted by atomic mass is 10.2. The van der Waals surface area contributed by atoms with Crippen molar-refractivity contribution in [2.24, 2.45) is 0 Å². The van der Waals surface area contributed by atoms with Crippen molar-refractivity contribution < 1.29 is 19.4 Å². The smallest absolute Gasteiger partial charge is 0.325 e. The molecule has 90 valence electrons. The largest absolute Gasteiger partial charge is 0.504 e. The first-order valence-electron chi connectivity index (χ1n) is 5.08. The number of carbonyl (C=O) groups is 1. The van der Waals surface area contributed by atoms with Crippen molar-refractivity contribution in [2.45, 2.75) is 6.54 Å². The maximum absolute atomic E-state index is 11.2. The minimum absolute atomic E-state index is 0.0795. The molecule has 0 amide bonds. The molecule has 2 aromatic rings. The number of esters is 1. The normalized spacial score (nSPS) is 10.5. The summed E-state index contributed by atoms with van der Waals surface area (Å²) in [5, 5.41) is 10.5. The lowest BCUT2D eigenvalue weighted by molar-refractivity contribution is -0.141. The lowest BCUT2D eigenvalue weighted by Crippen LogP contribution is -2.10. The number of fused-ring (bicyclic) bond motifs is 1. The third-order valence-electron chi connectivity index (χ3n) is 2.60. The van der Waals surface area contributed by atoms with Gasteiger partial charge in [-0.3, -0.25) is 4.79 Å². The predicted octanol–water partition coefficient (Wildman–Crippen LogP) is 1.53. The van der Waals surface area contributed by atoms with E-state index in [0.29, 0.717) is 5.75 Å². The first-order valence-corrected chi connectivity index (χ1v) is 5.08. The Morgan fingerprint density at radius 2 is 2.18 bits per heavy atom. The van der Waals surface area contributed by atoms with Gasteiger partial charge in [0, 0.05) is 17.6 Å². The van der Waals surface area contributed by atoms with Crippen LogP contribution in [0.5, 0.6) is 11.5 Å². The van der Waals surface area contributed by atoms with E-state index < -0.39 is 0 Å². The van der Waals surface area contributed by atoms with E-state index in [0.717, 1.165) is 10.9 Å². The van der Waals surface area contributed by atoms with E-state index in [4.69, 9.17) is 4.74 Å². The summed E-state index contributed by atoms with van der Waals surface area (Å²) in [5.41, 5.74) is 0.810. The summed E-state index contributed by atoms with van der Waals surface area (Å²) in [5.74, 6) is 0.132. The van der Waals surface area contributed by atoms with E-state index in [2.05, 4.69) is 4.74 Å². The molecule has 0 aliphatic carbocycles. The molecule has 2 rings (SSSR count). The maximum Gasteiger partial charge on any atom is 0.325 e. The molecule has 0 saturated carbocycles. The van der Waals surface area contributed by atoms with E-state index in [1.807, 2.05) is 6.07 Å². The van der Waals surface area contributed by atoms with Crippen LogP contribution in [-0.4, -0.2) is 29.9 Å². The monoisotopic (exact) mass is 235 g/mol. The summed E-state index contributed by atoms with van der Waals surface area (Å²) < 4.78 is 11.4. The Kier molecular flexibility index (Phi) is 2.91. The third-order valence-corrected chi connectivity index (χ3v) is 2.60. The van der Waals surface area contributed by atoms with Crippen LogP contribution in [0.15, 0.2) is 24.4 Å². The highest BCUT2D eigenvalue weighted by atomic mass is 16.5. The highest BCUT2D eigenvalue weighted by molar-refractivity contribution is 5.85. The van der Waals surface area contributed by atoms with E-state index in [-0.39, 0.29) is 18.3 Å². The summed E-state index contributed by atoms with van der Waals surface area (Å²) in [4.78, 5) is 11.2. The van der Waals surface area contributed by atoms with Crippen LogP contribution in [-0.2, 0) is 16.1 Å². The Morgan fingerprint density at radius 1 is 1.41 bits per heavy atom. The predicted molar refractivity (Wildman–Crippen MR) is 62.2 cm³/mol. The number of phenolic OH excluding ortho intramolecular Hbond substituents is 1. The molecule has 1 aromatic heterocycles. The zero-order chi connectivity index (χ0) is 12.4. The van der Waals surface area contributed by atoms with Crippen molar-refractivity contribution in [2.75, 3.05) is 14.2 Å². The van der Waals surface area contributed by atoms with Crippen LogP contribution in [0, 0.1) is 0 Å². The number of hydrogen-bond donors (Lipinski definition) is 1. The maximum atomic E-state index is 11.2. The SMILES string of the molecule is COC(=O)Cn1ccc2cc(O)c(OC)cc21. The number of benzene rings is 1. The molecule has 1 aromatic carbocycles. The van der Waals surface area contributed by atoms with E-state index >= 15 is 0 Å². The molecule has 0 fully saturated rings. The van der Waals surface area contributed by atoms with Crippen molar-refractivity contribution in [1.29, 1.82) is 0 Å². The topological polar surface area (TPSA) is 60.7 Å². The fourth-order valence-electron chi connectivity index (χ4n) is 1.71. The van der Waals surface area contributed by atoms with Crippen molar-refractivity contribution in [3.05, 3.63) is 24.4 Å². The first kappa shape index (κ1) is 11.3. The zero-order valence-electron chi connectivity index (χ0n) is 9.64. The summed E-state index contributed by atoms with van der Waals surface area (Å²) in [7, 11) is 2.83. The minimum Gasteiger partial charge on any atom is -0.504 e. The molecule has 1 heterocycles. The second kappa shape index (κ2) is 4.37. The van der Waals surface area contributed by atoms with Crippen LogP contribution in [0.25, 0.3) is 10.9 Å². The molecule has 0 atom stereocenters. The Hall–Kier alpha value is -2.17. The van der Waals surface area contributed by atoms with Gasteiger partial charge in [0.25, 0.3) is 0 Å². The quantitative estimate of drug-likeness (QED) is 0.819. The summed E-state index contributed by atoms with van der Waals surface area (Å²) in [6.45, 7) is 0.133. The van der Waals surface area contributed by atoms with Gasteiger partial charge in [0.05, 0.1) is 19.7 Å². The summed E-state index contributed by atoms with van der Waals surface area (Å²) >= 11 is 0. The molecule has 17 heavy (non-hydrogen) atoms. The van der Waals surface area contributed by atoms with Gasteiger partial charge < -0.3 is 19.1 Å². The molecule has 5 heteroatoms. The van der Waals surface area contributed by atoms with Gasteiger partial charge in [0.15, 0.2) is 11.5 Å². The van der Waals surface area contributed by atoms with Crippen molar-refractivity contribution in [3.63, 3.8) is 0 Å². The van der Waals surface area contributed by atoms with Gasteiger partial charge >= 0.3 is 5.97 Å². The van der Waals surface area contributed by atoms with Crippen LogP contribution in [0.2, 0.25) is 0 Å².